The predicted molar refractivity (Wildman–Crippen MR) is 168 cm³/mol. The Morgan fingerprint density at radius 1 is 0.930 bits per heavy atom. The van der Waals surface area contributed by atoms with Crippen molar-refractivity contribution in [2.45, 2.75) is 63.6 Å². The highest BCUT2D eigenvalue weighted by Gasteiger charge is 2.45. The Morgan fingerprint density at radius 2 is 1.67 bits per heavy atom. The van der Waals surface area contributed by atoms with Crippen LogP contribution in [0.1, 0.15) is 70.7 Å². The summed E-state index contributed by atoms with van der Waals surface area (Å²) in [5.41, 5.74) is 6.66. The third-order valence-corrected chi connectivity index (χ3v) is 10.4. The first-order valence-corrected chi connectivity index (χ1v) is 15.5. The molecule has 0 amide bonds. The Kier molecular flexibility index (Phi) is 5.40. The highest BCUT2D eigenvalue weighted by Crippen LogP contribution is 2.53. The van der Waals surface area contributed by atoms with Gasteiger partial charge in [0.15, 0.2) is 0 Å². The van der Waals surface area contributed by atoms with Gasteiger partial charge in [0.25, 0.3) is 5.92 Å². The van der Waals surface area contributed by atoms with Crippen LogP contribution in [0, 0.1) is 11.3 Å². The summed E-state index contributed by atoms with van der Waals surface area (Å²) in [6.45, 7) is 3.88. The zero-order valence-corrected chi connectivity index (χ0v) is 24.1. The number of hydrogen-bond donors (Lipinski definition) is 4. The molecule has 1 saturated heterocycles. The first-order valence-electron chi connectivity index (χ1n) is 15.5. The van der Waals surface area contributed by atoms with E-state index in [1.165, 1.54) is 32.1 Å². The second kappa shape index (κ2) is 9.07. The number of hydrogen-bond acceptors (Lipinski definition) is 4. The Bertz CT molecular complexity index is 1910. The average molecular weight is 581 g/mol. The maximum Gasteiger partial charge on any atom is 0.299 e. The van der Waals surface area contributed by atoms with Crippen LogP contribution in [0.4, 0.5) is 8.78 Å². The van der Waals surface area contributed by atoms with Crippen LogP contribution in [0.3, 0.4) is 0 Å². The predicted octanol–water partition coefficient (Wildman–Crippen LogP) is 7.94. The number of nitrogens with one attached hydrogen (secondary N) is 4. The molecule has 0 spiro atoms. The van der Waals surface area contributed by atoms with Crippen molar-refractivity contribution in [2.75, 3.05) is 6.54 Å². The quantitative estimate of drug-likeness (QED) is 0.158. The smallest absolute Gasteiger partial charge is 0.299 e. The fourth-order valence-electron chi connectivity index (χ4n) is 7.56. The van der Waals surface area contributed by atoms with Crippen molar-refractivity contribution in [3.63, 3.8) is 0 Å². The molecule has 8 heteroatoms. The van der Waals surface area contributed by atoms with Gasteiger partial charge in [-0.15, -0.1) is 0 Å². The van der Waals surface area contributed by atoms with E-state index in [1.54, 1.807) is 18.3 Å². The maximum absolute atomic E-state index is 16.1. The summed E-state index contributed by atoms with van der Waals surface area (Å²) in [5.74, 6) is -0.662. The molecule has 4 N–H and O–H groups in total. The van der Waals surface area contributed by atoms with Gasteiger partial charge in [0.1, 0.15) is 11.6 Å². The zero-order valence-electron chi connectivity index (χ0n) is 24.1. The molecule has 3 fully saturated rings. The number of fused-ring (bicyclic) bond motifs is 6. The number of aromatic nitrogens is 4. The molecular formula is C35H38F2N6. The summed E-state index contributed by atoms with van der Waals surface area (Å²) in [6, 6.07) is 17.7. The van der Waals surface area contributed by atoms with Crippen LogP contribution in [0.2, 0.25) is 0 Å². The molecule has 2 aromatic heterocycles. The largest absolute Gasteiger partial charge is 0.341 e. The molecule has 2 bridgehead atoms. The monoisotopic (exact) mass is 580 g/mol. The van der Waals surface area contributed by atoms with Gasteiger partial charge in [0.2, 0.25) is 0 Å². The third-order valence-electron chi connectivity index (χ3n) is 10.4. The van der Waals surface area contributed by atoms with Crippen molar-refractivity contribution < 1.29 is 11.6 Å². The Labute approximate surface area is 251 Å². The Balaban J connectivity index is 0.00000163. The van der Waals surface area contributed by atoms with E-state index in [0.29, 0.717) is 40.6 Å². The SMILES string of the molecule is CC1(CNCc2ncc(-c3ccc4c(c3)C(F)(F)c3cc(-c5ccc6nc(C7NC8CCC7C8)[nH]c6c5)ccc3-4)[nH]2)CC1.[HH].[HH]. The van der Waals surface area contributed by atoms with E-state index < -0.39 is 5.92 Å². The average Bonchev–Trinajstić information content (AvgIpc) is 3.59. The summed E-state index contributed by atoms with van der Waals surface area (Å²) in [7, 11) is 0. The fraction of sp³-hybridized carbons (Fsp3) is 0.371. The number of nitrogens with zero attached hydrogens (tertiary/aromatic N) is 2. The van der Waals surface area contributed by atoms with Crippen molar-refractivity contribution in [2.24, 2.45) is 11.3 Å². The molecule has 3 aromatic carbocycles. The zero-order chi connectivity index (χ0) is 28.9. The van der Waals surface area contributed by atoms with Crippen molar-refractivity contribution >= 4 is 11.0 Å². The van der Waals surface area contributed by atoms with Gasteiger partial charge in [-0.1, -0.05) is 37.3 Å². The number of piperidine rings is 1. The summed E-state index contributed by atoms with van der Waals surface area (Å²) in [6.07, 6.45) is 7.98. The molecule has 3 unspecified atom stereocenters. The standard InChI is InChI=1S/C35H34F2N6.2H2/c1-34(10-11-34)18-38-17-31-39-16-30(41-31)21-4-8-25-24-7-3-19(13-26(24)35(36,37)27(25)14-21)20-5-9-28-29(15-20)43-33(42-28)32-22-2-6-23(12-22)40-32;;/h3-5,7-9,13-16,22-23,32,38,40H,2,6,10-12,17-18H2,1H3,(H,39,41)(H,42,43);2*1H. The van der Waals surface area contributed by atoms with E-state index in [0.717, 1.165) is 46.0 Å². The van der Waals surface area contributed by atoms with E-state index in [-0.39, 0.29) is 20.0 Å². The van der Waals surface area contributed by atoms with Gasteiger partial charge in [-0.3, -0.25) is 0 Å². The van der Waals surface area contributed by atoms with E-state index in [9.17, 15) is 0 Å². The number of alkyl halides is 2. The summed E-state index contributed by atoms with van der Waals surface area (Å²) in [4.78, 5) is 16.2. The van der Waals surface area contributed by atoms with Gasteiger partial charge in [-0.25, -0.2) is 9.97 Å². The number of rotatable bonds is 7. The molecular weight excluding hydrogens is 542 g/mol. The number of H-pyrrole nitrogens is 2. The second-order valence-corrected chi connectivity index (χ2v) is 13.5. The highest BCUT2D eigenvalue weighted by molar-refractivity contribution is 5.86. The Hall–Kier alpha value is -3.88. The van der Waals surface area contributed by atoms with Gasteiger partial charge < -0.3 is 20.6 Å². The minimum absolute atomic E-state index is 0. The number of benzene rings is 3. The maximum atomic E-state index is 16.1. The molecule has 3 heterocycles. The summed E-state index contributed by atoms with van der Waals surface area (Å²) >= 11 is 0. The lowest BCUT2D eigenvalue weighted by Gasteiger charge is -2.20. The van der Waals surface area contributed by atoms with Crippen molar-refractivity contribution in [1.82, 2.24) is 30.6 Å². The molecule has 222 valence electrons. The molecule has 6 nitrogen and oxygen atoms in total. The lowest BCUT2D eigenvalue weighted by Crippen LogP contribution is -2.29. The van der Waals surface area contributed by atoms with E-state index in [2.05, 4.69) is 32.5 Å². The highest BCUT2D eigenvalue weighted by atomic mass is 19.3. The molecule has 1 aliphatic heterocycles. The van der Waals surface area contributed by atoms with Crippen molar-refractivity contribution in [1.29, 1.82) is 0 Å². The van der Waals surface area contributed by atoms with Crippen LogP contribution >= 0.6 is 0 Å². The van der Waals surface area contributed by atoms with Gasteiger partial charge in [0, 0.05) is 32.1 Å². The fourth-order valence-corrected chi connectivity index (χ4v) is 7.56. The van der Waals surface area contributed by atoms with Crippen molar-refractivity contribution in [3.05, 3.63) is 83.6 Å². The molecule has 3 aliphatic carbocycles. The van der Waals surface area contributed by atoms with Crippen LogP contribution in [-0.4, -0.2) is 32.5 Å². The number of halogens is 2. The molecule has 43 heavy (non-hydrogen) atoms. The summed E-state index contributed by atoms with van der Waals surface area (Å²) in [5, 5.41) is 7.17. The van der Waals surface area contributed by atoms with E-state index in [4.69, 9.17) is 4.98 Å². The molecule has 9 rings (SSSR count). The van der Waals surface area contributed by atoms with Crippen LogP contribution < -0.4 is 10.6 Å². The first-order chi connectivity index (χ1) is 20.8. The second-order valence-electron chi connectivity index (χ2n) is 13.5. The minimum atomic E-state index is -3.10. The normalized spacial score (nSPS) is 24.0. The van der Waals surface area contributed by atoms with Gasteiger partial charge in [-0.05, 0) is 90.0 Å². The topological polar surface area (TPSA) is 81.4 Å². The van der Waals surface area contributed by atoms with Crippen LogP contribution in [-0.2, 0) is 12.5 Å². The van der Waals surface area contributed by atoms with Gasteiger partial charge in [-0.2, -0.15) is 8.78 Å². The van der Waals surface area contributed by atoms with Gasteiger partial charge >= 0.3 is 0 Å². The third kappa shape index (κ3) is 4.18. The summed E-state index contributed by atoms with van der Waals surface area (Å²) < 4.78 is 32.1. The van der Waals surface area contributed by atoms with Crippen LogP contribution in [0.25, 0.3) is 44.5 Å². The van der Waals surface area contributed by atoms with Crippen LogP contribution in [0.15, 0.2) is 60.8 Å². The minimum Gasteiger partial charge on any atom is -0.341 e. The molecule has 2 saturated carbocycles. The lowest BCUT2D eigenvalue weighted by molar-refractivity contribution is 0.0481. The Morgan fingerprint density at radius 3 is 2.42 bits per heavy atom. The first kappa shape index (κ1) is 25.6. The van der Waals surface area contributed by atoms with Crippen LogP contribution in [0.5, 0.6) is 0 Å². The molecule has 3 atom stereocenters. The van der Waals surface area contributed by atoms with E-state index >= 15 is 8.78 Å². The lowest BCUT2D eigenvalue weighted by atomic mass is 9.98. The number of aromatic amines is 2. The van der Waals surface area contributed by atoms with Gasteiger partial charge in [0.05, 0.1) is 35.5 Å². The molecule has 4 aliphatic rings. The van der Waals surface area contributed by atoms with Crippen molar-refractivity contribution in [3.8, 4) is 33.5 Å². The van der Waals surface area contributed by atoms with E-state index in [1.807, 2.05) is 42.5 Å². The molecule has 0 radical (unpaired) electrons. The molecule has 5 aromatic rings. The number of imidazole rings is 2.